The van der Waals surface area contributed by atoms with Gasteiger partial charge in [0.05, 0.1) is 0 Å². The van der Waals surface area contributed by atoms with E-state index in [4.69, 9.17) is 0 Å². The van der Waals surface area contributed by atoms with Crippen molar-refractivity contribution in [3.63, 3.8) is 0 Å². The zero-order chi connectivity index (χ0) is 15.7. The fourth-order valence-electron chi connectivity index (χ4n) is 2.69. The van der Waals surface area contributed by atoms with Crippen molar-refractivity contribution in [3.8, 4) is 0 Å². The number of nitrogens with one attached hydrogen (secondary N) is 1. The van der Waals surface area contributed by atoms with Gasteiger partial charge in [0.25, 0.3) is 0 Å². The smallest absolute Gasteiger partial charge is 0.223 e. The summed E-state index contributed by atoms with van der Waals surface area (Å²) < 4.78 is 2.97. The van der Waals surface area contributed by atoms with Crippen molar-refractivity contribution in [2.45, 2.75) is 25.8 Å². The van der Waals surface area contributed by atoms with Gasteiger partial charge in [0.2, 0.25) is 5.91 Å². The van der Waals surface area contributed by atoms with Gasteiger partial charge in [-0.2, -0.15) is 0 Å². The molecule has 1 aliphatic rings. The zero-order valence-electron chi connectivity index (χ0n) is 12.8. The van der Waals surface area contributed by atoms with Crippen molar-refractivity contribution in [1.82, 2.24) is 14.9 Å². The van der Waals surface area contributed by atoms with Crippen LogP contribution >= 0.6 is 15.9 Å². The van der Waals surface area contributed by atoms with Gasteiger partial charge in [-0.15, -0.1) is 0 Å². The van der Waals surface area contributed by atoms with Crippen LogP contribution in [0.2, 0.25) is 0 Å². The molecule has 2 atom stereocenters. The van der Waals surface area contributed by atoms with E-state index >= 15 is 0 Å². The molecule has 22 heavy (non-hydrogen) atoms. The Bertz CT molecular complexity index is 661. The molecule has 2 unspecified atom stereocenters. The molecule has 0 aliphatic heterocycles. The number of hydrogen-bond acceptors (Lipinski definition) is 2. The highest BCUT2D eigenvalue weighted by Gasteiger charge is 2.34. The first-order valence-corrected chi connectivity index (χ1v) is 8.38. The van der Waals surface area contributed by atoms with Crippen LogP contribution in [-0.2, 0) is 11.8 Å². The second-order valence-corrected chi connectivity index (χ2v) is 6.93. The molecule has 0 saturated heterocycles. The third kappa shape index (κ3) is 3.24. The summed E-state index contributed by atoms with van der Waals surface area (Å²) in [6, 6.07) is 7.79. The third-order valence-electron chi connectivity index (χ3n) is 4.35. The number of imidazole rings is 1. The molecule has 0 bridgehead atoms. The molecule has 0 radical (unpaired) electrons. The van der Waals surface area contributed by atoms with Crippen LogP contribution < -0.4 is 5.32 Å². The maximum absolute atomic E-state index is 12.5. The fraction of sp³-hybridized carbons (Fsp3) is 0.412. The van der Waals surface area contributed by atoms with Gasteiger partial charge in [0, 0.05) is 29.8 Å². The second kappa shape index (κ2) is 6.24. The molecule has 116 valence electrons. The number of aromatic nitrogens is 2. The molecular weight excluding hydrogens is 342 g/mol. The molecule has 1 N–H and O–H groups in total. The number of amides is 1. The van der Waals surface area contributed by atoms with Crippen molar-refractivity contribution < 1.29 is 4.79 Å². The highest BCUT2D eigenvalue weighted by Crippen LogP contribution is 2.37. The Kier molecular flexibility index (Phi) is 4.34. The van der Waals surface area contributed by atoms with Crippen LogP contribution in [0.5, 0.6) is 0 Å². The predicted octanol–water partition coefficient (Wildman–Crippen LogP) is 3.43. The van der Waals surface area contributed by atoms with Crippen molar-refractivity contribution in [3.05, 3.63) is 52.5 Å². The number of carbonyl (C=O) groups excluding carboxylic acids is 1. The Morgan fingerprint density at radius 1 is 1.36 bits per heavy atom. The molecule has 1 aromatic heterocycles. The number of halogens is 1. The fourth-order valence-corrected chi connectivity index (χ4v) is 2.96. The Morgan fingerprint density at radius 2 is 2.05 bits per heavy atom. The van der Waals surface area contributed by atoms with Gasteiger partial charge >= 0.3 is 0 Å². The summed E-state index contributed by atoms with van der Waals surface area (Å²) in [6.45, 7) is 2.02. The molecule has 1 saturated carbocycles. The van der Waals surface area contributed by atoms with Gasteiger partial charge in [0.1, 0.15) is 11.9 Å². The topological polar surface area (TPSA) is 46.9 Å². The van der Waals surface area contributed by atoms with E-state index in [1.165, 1.54) is 12.8 Å². The van der Waals surface area contributed by atoms with Gasteiger partial charge in [-0.25, -0.2) is 4.98 Å². The van der Waals surface area contributed by atoms with Crippen molar-refractivity contribution in [2.24, 2.45) is 18.9 Å². The summed E-state index contributed by atoms with van der Waals surface area (Å²) in [5, 5.41) is 3.18. The molecule has 2 aromatic rings. The minimum Gasteiger partial charge on any atom is -0.342 e. The molecule has 0 spiro atoms. The summed E-state index contributed by atoms with van der Waals surface area (Å²) in [5.74, 6) is 1.57. The summed E-state index contributed by atoms with van der Waals surface area (Å²) in [7, 11) is 1.95. The van der Waals surface area contributed by atoms with E-state index in [-0.39, 0.29) is 17.9 Å². The van der Waals surface area contributed by atoms with Gasteiger partial charge < -0.3 is 9.88 Å². The lowest BCUT2D eigenvalue weighted by Gasteiger charge is -2.21. The molecule has 4 nitrogen and oxygen atoms in total. The first-order valence-electron chi connectivity index (χ1n) is 7.59. The lowest BCUT2D eigenvalue weighted by atomic mass is 10.0. The lowest BCUT2D eigenvalue weighted by Crippen LogP contribution is -2.35. The quantitative estimate of drug-likeness (QED) is 0.886. The van der Waals surface area contributed by atoms with E-state index in [2.05, 4.69) is 26.2 Å². The molecule has 1 heterocycles. The van der Waals surface area contributed by atoms with Crippen molar-refractivity contribution in [1.29, 1.82) is 0 Å². The predicted molar refractivity (Wildman–Crippen MR) is 89.2 cm³/mol. The molecule has 1 aliphatic carbocycles. The Labute approximate surface area is 139 Å². The van der Waals surface area contributed by atoms with Crippen LogP contribution in [0.3, 0.4) is 0 Å². The highest BCUT2D eigenvalue weighted by atomic mass is 79.9. The van der Waals surface area contributed by atoms with Crippen LogP contribution in [0.15, 0.2) is 41.1 Å². The zero-order valence-corrected chi connectivity index (χ0v) is 14.4. The van der Waals surface area contributed by atoms with Crippen molar-refractivity contribution >= 4 is 21.8 Å². The van der Waals surface area contributed by atoms with E-state index in [9.17, 15) is 4.79 Å². The molecule has 1 fully saturated rings. The number of benzene rings is 1. The van der Waals surface area contributed by atoms with Crippen LogP contribution in [0.4, 0.5) is 0 Å². The van der Waals surface area contributed by atoms with Gasteiger partial charge in [-0.05, 0) is 36.5 Å². The van der Waals surface area contributed by atoms with Crippen LogP contribution in [0, 0.1) is 11.8 Å². The molecular formula is C17H20BrN3O. The number of nitrogens with zero attached hydrogens (tertiary/aromatic N) is 2. The second-order valence-electron chi connectivity index (χ2n) is 6.02. The number of rotatable bonds is 5. The van der Waals surface area contributed by atoms with Crippen molar-refractivity contribution in [2.75, 3.05) is 0 Å². The molecule has 1 amide bonds. The first-order chi connectivity index (χ1) is 10.6. The molecule has 3 rings (SSSR count). The standard InChI is InChI=1S/C17H20BrN3O/c1-11(12-3-4-12)17(22)20-15(16-19-9-10-21(16)2)13-5-7-14(18)8-6-13/h5-12,15H,3-4H2,1-2H3,(H,20,22). The Morgan fingerprint density at radius 3 is 2.59 bits per heavy atom. The monoisotopic (exact) mass is 361 g/mol. The lowest BCUT2D eigenvalue weighted by molar-refractivity contribution is -0.125. The van der Waals surface area contributed by atoms with Gasteiger partial charge in [-0.3, -0.25) is 4.79 Å². The summed E-state index contributed by atoms with van der Waals surface area (Å²) in [5.41, 5.74) is 1.04. The summed E-state index contributed by atoms with van der Waals surface area (Å²) in [4.78, 5) is 16.9. The van der Waals surface area contributed by atoms with Crippen LogP contribution in [0.1, 0.15) is 37.2 Å². The van der Waals surface area contributed by atoms with E-state index in [1.807, 2.05) is 49.0 Å². The van der Waals surface area contributed by atoms with E-state index in [0.717, 1.165) is 15.9 Å². The molecule has 5 heteroatoms. The number of aryl methyl sites for hydroxylation is 1. The van der Waals surface area contributed by atoms with Gasteiger partial charge in [0.15, 0.2) is 0 Å². The average molecular weight is 362 g/mol. The largest absolute Gasteiger partial charge is 0.342 e. The maximum atomic E-state index is 12.5. The molecule has 1 aromatic carbocycles. The minimum atomic E-state index is -0.221. The van der Waals surface area contributed by atoms with Gasteiger partial charge in [-0.1, -0.05) is 35.0 Å². The normalized spacial score (nSPS) is 17.0. The summed E-state index contributed by atoms with van der Waals surface area (Å²) in [6.07, 6.45) is 6.00. The third-order valence-corrected chi connectivity index (χ3v) is 4.88. The van der Waals surface area contributed by atoms with E-state index in [0.29, 0.717) is 5.92 Å². The number of hydrogen-bond donors (Lipinski definition) is 1. The summed E-state index contributed by atoms with van der Waals surface area (Å²) >= 11 is 3.45. The Balaban J connectivity index is 1.87. The van der Waals surface area contributed by atoms with Crippen LogP contribution in [0.25, 0.3) is 0 Å². The van der Waals surface area contributed by atoms with Crippen LogP contribution in [-0.4, -0.2) is 15.5 Å². The average Bonchev–Trinajstić information content (AvgIpc) is 3.27. The van der Waals surface area contributed by atoms with E-state index < -0.39 is 0 Å². The SMILES string of the molecule is CC(C(=O)NC(c1ccc(Br)cc1)c1nccn1C)C1CC1. The maximum Gasteiger partial charge on any atom is 0.223 e. The highest BCUT2D eigenvalue weighted by molar-refractivity contribution is 9.10. The number of carbonyl (C=O) groups is 1. The first kappa shape index (κ1) is 15.3. The Hall–Kier alpha value is -1.62. The van der Waals surface area contributed by atoms with E-state index in [1.54, 1.807) is 6.20 Å². The minimum absolute atomic E-state index is 0.0678.